The van der Waals surface area contributed by atoms with E-state index >= 15 is 0 Å². The number of nitrogens with zero attached hydrogens (tertiary/aromatic N) is 4. The van der Waals surface area contributed by atoms with Gasteiger partial charge in [-0.2, -0.15) is 5.10 Å². The van der Waals surface area contributed by atoms with Gasteiger partial charge < -0.3 is 5.11 Å². The van der Waals surface area contributed by atoms with Gasteiger partial charge in [0.15, 0.2) is 0 Å². The number of carbonyl (C=O) groups is 1. The van der Waals surface area contributed by atoms with E-state index in [1.54, 1.807) is 6.33 Å². The van der Waals surface area contributed by atoms with Gasteiger partial charge in [0.05, 0.1) is 6.54 Å². The molecule has 2 rings (SSSR count). The lowest BCUT2D eigenvalue weighted by Crippen LogP contribution is -2.36. The number of aliphatic carboxylic acids is 1. The summed E-state index contributed by atoms with van der Waals surface area (Å²) in [6, 6.07) is 0. The van der Waals surface area contributed by atoms with Crippen LogP contribution in [0.15, 0.2) is 6.33 Å². The molecule has 1 aromatic heterocycles. The number of piperidine rings is 1. The van der Waals surface area contributed by atoms with E-state index in [1.165, 1.54) is 0 Å². The molecule has 1 fully saturated rings. The summed E-state index contributed by atoms with van der Waals surface area (Å²) < 4.78 is 1.92. The number of hydrogen-bond acceptors (Lipinski definition) is 4. The van der Waals surface area contributed by atoms with E-state index < -0.39 is 5.97 Å². The predicted octanol–water partition coefficient (Wildman–Crippen LogP) is 1.37. The molecule has 1 aliphatic heterocycles. The molecule has 0 aliphatic carbocycles. The lowest BCUT2D eigenvalue weighted by molar-refractivity contribution is -0.137. The molecule has 1 atom stereocenters. The number of likely N-dealkylation sites (tertiary alicyclic amines) is 1. The standard InChI is InChI=1S/C13H22N4O2/c1-2-17-12(14-10-15-17)9-16-7-3-4-11(8-16)5-6-13(18)19/h10-11H,2-9H2,1H3,(H,18,19). The van der Waals surface area contributed by atoms with E-state index in [0.29, 0.717) is 5.92 Å². The minimum atomic E-state index is -0.692. The Labute approximate surface area is 113 Å². The zero-order valence-electron chi connectivity index (χ0n) is 11.5. The third kappa shape index (κ3) is 4.02. The molecule has 1 aliphatic rings. The zero-order valence-corrected chi connectivity index (χ0v) is 11.5. The van der Waals surface area contributed by atoms with Gasteiger partial charge in [0.25, 0.3) is 0 Å². The molecule has 1 aromatic rings. The van der Waals surface area contributed by atoms with Crippen molar-refractivity contribution < 1.29 is 9.90 Å². The van der Waals surface area contributed by atoms with Crippen LogP contribution in [0.1, 0.15) is 38.4 Å². The molecule has 19 heavy (non-hydrogen) atoms. The van der Waals surface area contributed by atoms with Crippen molar-refractivity contribution in [3.05, 3.63) is 12.2 Å². The van der Waals surface area contributed by atoms with Crippen molar-refractivity contribution in [2.24, 2.45) is 5.92 Å². The van der Waals surface area contributed by atoms with Crippen LogP contribution in [0.2, 0.25) is 0 Å². The molecule has 0 aromatic carbocycles. The van der Waals surface area contributed by atoms with Crippen LogP contribution in [0, 0.1) is 5.92 Å². The number of rotatable bonds is 6. The average molecular weight is 266 g/mol. The van der Waals surface area contributed by atoms with Crippen LogP contribution in [0.3, 0.4) is 0 Å². The fourth-order valence-corrected chi connectivity index (χ4v) is 2.73. The van der Waals surface area contributed by atoms with Crippen LogP contribution in [0.5, 0.6) is 0 Å². The second-order valence-electron chi connectivity index (χ2n) is 5.17. The van der Waals surface area contributed by atoms with E-state index in [1.807, 2.05) is 4.68 Å². The highest BCUT2D eigenvalue weighted by molar-refractivity contribution is 5.66. The molecule has 1 unspecified atom stereocenters. The molecule has 0 radical (unpaired) electrons. The van der Waals surface area contributed by atoms with Crippen molar-refractivity contribution in [3.63, 3.8) is 0 Å². The molecule has 0 saturated carbocycles. The van der Waals surface area contributed by atoms with Gasteiger partial charge in [-0.1, -0.05) is 0 Å². The summed E-state index contributed by atoms with van der Waals surface area (Å²) >= 11 is 0. The summed E-state index contributed by atoms with van der Waals surface area (Å²) in [5.74, 6) is 0.812. The van der Waals surface area contributed by atoms with Crippen molar-refractivity contribution >= 4 is 5.97 Å². The summed E-state index contributed by atoms with van der Waals surface area (Å²) in [6.45, 7) is 5.76. The van der Waals surface area contributed by atoms with E-state index in [0.717, 1.165) is 51.3 Å². The SMILES string of the molecule is CCn1ncnc1CN1CCCC(CCC(=O)O)C1. The van der Waals surface area contributed by atoms with Crippen molar-refractivity contribution in [2.75, 3.05) is 13.1 Å². The van der Waals surface area contributed by atoms with Gasteiger partial charge >= 0.3 is 5.97 Å². The number of carboxylic acid groups (broad SMARTS) is 1. The second-order valence-corrected chi connectivity index (χ2v) is 5.17. The smallest absolute Gasteiger partial charge is 0.303 e. The van der Waals surface area contributed by atoms with E-state index in [4.69, 9.17) is 5.11 Å². The van der Waals surface area contributed by atoms with E-state index in [2.05, 4.69) is 21.9 Å². The number of aryl methyl sites for hydroxylation is 1. The Kier molecular flexibility index (Phi) is 4.90. The van der Waals surface area contributed by atoms with Gasteiger partial charge in [0.1, 0.15) is 12.2 Å². The highest BCUT2D eigenvalue weighted by atomic mass is 16.4. The second kappa shape index (κ2) is 6.65. The summed E-state index contributed by atoms with van der Waals surface area (Å²) in [6.07, 6.45) is 4.95. The van der Waals surface area contributed by atoms with Gasteiger partial charge in [0, 0.05) is 19.5 Å². The first-order chi connectivity index (χ1) is 9.19. The summed E-state index contributed by atoms with van der Waals surface area (Å²) in [5, 5.41) is 12.9. The molecule has 2 heterocycles. The molecule has 0 amide bonds. The molecule has 0 spiro atoms. The Bertz CT molecular complexity index is 419. The molecule has 6 nitrogen and oxygen atoms in total. The molecular weight excluding hydrogens is 244 g/mol. The fourth-order valence-electron chi connectivity index (χ4n) is 2.73. The molecular formula is C13H22N4O2. The van der Waals surface area contributed by atoms with Crippen LogP contribution in [0.25, 0.3) is 0 Å². The summed E-state index contributed by atoms with van der Waals surface area (Å²) in [7, 11) is 0. The molecule has 6 heteroatoms. The highest BCUT2D eigenvalue weighted by Gasteiger charge is 2.21. The van der Waals surface area contributed by atoms with Gasteiger partial charge in [-0.25, -0.2) is 9.67 Å². The maximum absolute atomic E-state index is 10.6. The minimum absolute atomic E-state index is 0.281. The average Bonchev–Trinajstić information content (AvgIpc) is 2.84. The van der Waals surface area contributed by atoms with Gasteiger partial charge in [-0.3, -0.25) is 9.69 Å². The largest absolute Gasteiger partial charge is 0.481 e. The highest BCUT2D eigenvalue weighted by Crippen LogP contribution is 2.22. The molecule has 106 valence electrons. The van der Waals surface area contributed by atoms with Crippen molar-refractivity contribution in [1.82, 2.24) is 19.7 Å². The fraction of sp³-hybridized carbons (Fsp3) is 0.769. The van der Waals surface area contributed by atoms with Crippen LogP contribution in [0.4, 0.5) is 0 Å². The maximum atomic E-state index is 10.6. The van der Waals surface area contributed by atoms with Crippen molar-refractivity contribution in [3.8, 4) is 0 Å². The van der Waals surface area contributed by atoms with Crippen molar-refractivity contribution in [1.29, 1.82) is 0 Å². The van der Waals surface area contributed by atoms with Gasteiger partial charge in [0.2, 0.25) is 0 Å². The Morgan fingerprint density at radius 1 is 1.58 bits per heavy atom. The third-order valence-electron chi connectivity index (χ3n) is 3.73. The molecule has 1 saturated heterocycles. The predicted molar refractivity (Wildman–Crippen MR) is 70.6 cm³/mol. The number of aromatic nitrogens is 3. The maximum Gasteiger partial charge on any atom is 0.303 e. The third-order valence-corrected chi connectivity index (χ3v) is 3.73. The molecule has 1 N–H and O–H groups in total. The Morgan fingerprint density at radius 3 is 3.16 bits per heavy atom. The van der Waals surface area contributed by atoms with Crippen LogP contribution >= 0.6 is 0 Å². The first kappa shape index (κ1) is 14.0. The Morgan fingerprint density at radius 2 is 2.42 bits per heavy atom. The zero-order chi connectivity index (χ0) is 13.7. The monoisotopic (exact) mass is 266 g/mol. The Hall–Kier alpha value is -1.43. The number of carboxylic acids is 1. The summed E-state index contributed by atoms with van der Waals surface area (Å²) in [5.41, 5.74) is 0. The molecule has 0 bridgehead atoms. The minimum Gasteiger partial charge on any atom is -0.481 e. The lowest BCUT2D eigenvalue weighted by Gasteiger charge is -2.32. The van der Waals surface area contributed by atoms with E-state index in [-0.39, 0.29) is 6.42 Å². The van der Waals surface area contributed by atoms with Crippen LogP contribution in [-0.4, -0.2) is 43.8 Å². The van der Waals surface area contributed by atoms with Gasteiger partial charge in [-0.05, 0) is 38.6 Å². The first-order valence-corrected chi connectivity index (χ1v) is 7.00. The lowest BCUT2D eigenvalue weighted by atomic mass is 9.93. The Balaban J connectivity index is 1.85. The normalized spacial score (nSPS) is 20.6. The topological polar surface area (TPSA) is 71.2 Å². The quantitative estimate of drug-likeness (QED) is 0.842. The van der Waals surface area contributed by atoms with Crippen LogP contribution in [-0.2, 0) is 17.9 Å². The van der Waals surface area contributed by atoms with E-state index in [9.17, 15) is 4.79 Å². The van der Waals surface area contributed by atoms with Gasteiger partial charge in [-0.15, -0.1) is 0 Å². The first-order valence-electron chi connectivity index (χ1n) is 7.00. The van der Waals surface area contributed by atoms with Crippen LogP contribution < -0.4 is 0 Å². The number of hydrogen-bond donors (Lipinski definition) is 1. The summed E-state index contributed by atoms with van der Waals surface area (Å²) in [4.78, 5) is 17.3. The van der Waals surface area contributed by atoms with Crippen molar-refractivity contribution in [2.45, 2.75) is 45.7 Å².